The summed E-state index contributed by atoms with van der Waals surface area (Å²) >= 11 is 0. The van der Waals surface area contributed by atoms with Gasteiger partial charge in [-0.2, -0.15) is 5.26 Å². The summed E-state index contributed by atoms with van der Waals surface area (Å²) < 4.78 is 38.0. The molecule has 0 aliphatic heterocycles. The van der Waals surface area contributed by atoms with E-state index in [2.05, 4.69) is 4.98 Å². The first-order valence-electron chi connectivity index (χ1n) is 4.84. The topological polar surface area (TPSA) is 53.8 Å². The molecule has 0 aliphatic rings. The van der Waals surface area contributed by atoms with Gasteiger partial charge in [-0.25, -0.2) is 18.0 Å². The molecule has 0 radical (unpaired) electrons. The maximum atomic E-state index is 13.0. The summed E-state index contributed by atoms with van der Waals surface area (Å²) in [5.74, 6) is -1.58. The Labute approximate surface area is 104 Å². The van der Waals surface area contributed by atoms with Crippen LogP contribution < -0.4 is 0 Å². The van der Waals surface area contributed by atoms with Crippen molar-refractivity contribution in [3.63, 3.8) is 0 Å². The molecule has 3 nitrogen and oxygen atoms in total. The Balaban J connectivity index is 2.38. The molecule has 18 heavy (non-hydrogen) atoms. The fourth-order valence-corrected chi connectivity index (χ4v) is 2.38. The van der Waals surface area contributed by atoms with E-state index in [1.54, 1.807) is 0 Å². The first-order chi connectivity index (χ1) is 8.60. The van der Waals surface area contributed by atoms with Gasteiger partial charge in [0, 0.05) is 17.2 Å². The van der Waals surface area contributed by atoms with Gasteiger partial charge in [0.15, 0.2) is 0 Å². The second kappa shape index (κ2) is 5.02. The number of pyridine rings is 1. The summed E-state index contributed by atoms with van der Waals surface area (Å²) in [4.78, 5) is 4.04. The van der Waals surface area contributed by atoms with E-state index in [9.17, 15) is 13.0 Å². The molecule has 0 saturated heterocycles. The largest absolute Gasteiger partial charge is 0.249 e. The lowest BCUT2D eigenvalue weighted by molar-refractivity contribution is 0.576. The SMILES string of the molecule is N#Cc1ccc([S@@](=O)c2cc(F)cc(F)c2)cn1. The van der Waals surface area contributed by atoms with Crippen molar-refractivity contribution >= 4 is 10.8 Å². The minimum atomic E-state index is -1.73. The number of hydrogen-bond acceptors (Lipinski definition) is 3. The Kier molecular flexibility index (Phi) is 3.44. The van der Waals surface area contributed by atoms with Crippen LogP contribution in [0.15, 0.2) is 46.3 Å². The van der Waals surface area contributed by atoms with E-state index in [0.717, 1.165) is 12.1 Å². The average Bonchev–Trinajstić information content (AvgIpc) is 2.37. The van der Waals surface area contributed by atoms with Crippen molar-refractivity contribution in [2.24, 2.45) is 0 Å². The lowest BCUT2D eigenvalue weighted by Crippen LogP contribution is -1.96. The Morgan fingerprint density at radius 2 is 1.78 bits per heavy atom. The molecular weight excluding hydrogens is 258 g/mol. The highest BCUT2D eigenvalue weighted by Gasteiger charge is 2.10. The van der Waals surface area contributed by atoms with Crippen molar-refractivity contribution in [3.8, 4) is 6.07 Å². The highest BCUT2D eigenvalue weighted by atomic mass is 32.2. The fraction of sp³-hybridized carbons (Fsp3) is 0. The van der Waals surface area contributed by atoms with Gasteiger partial charge >= 0.3 is 0 Å². The molecule has 1 aromatic carbocycles. The van der Waals surface area contributed by atoms with E-state index < -0.39 is 22.4 Å². The molecule has 2 rings (SSSR count). The summed E-state index contributed by atoms with van der Waals surface area (Å²) in [5.41, 5.74) is 0.182. The lowest BCUT2D eigenvalue weighted by atomic mass is 10.3. The van der Waals surface area contributed by atoms with Gasteiger partial charge in [-0.15, -0.1) is 0 Å². The number of benzene rings is 1. The highest BCUT2D eigenvalue weighted by molar-refractivity contribution is 7.85. The molecule has 0 bridgehead atoms. The van der Waals surface area contributed by atoms with Gasteiger partial charge in [-0.05, 0) is 24.3 Å². The standard InChI is InChI=1S/C12H6F2N2OS/c13-8-3-9(14)5-12(4-8)18(17)11-2-1-10(6-15)16-7-11/h1-5,7H/t18-/m1/s1. The molecule has 0 saturated carbocycles. The Bertz CT molecular complexity index is 630. The summed E-state index contributed by atoms with van der Waals surface area (Å²) in [6, 6.07) is 7.35. The van der Waals surface area contributed by atoms with Crippen LogP contribution in [0.25, 0.3) is 0 Å². The maximum absolute atomic E-state index is 13.0. The molecule has 1 aromatic heterocycles. The monoisotopic (exact) mass is 264 g/mol. The van der Waals surface area contributed by atoms with Gasteiger partial charge in [-0.1, -0.05) is 0 Å². The molecule has 6 heteroatoms. The van der Waals surface area contributed by atoms with Crippen LogP contribution in [0.5, 0.6) is 0 Å². The predicted molar refractivity (Wildman–Crippen MR) is 60.0 cm³/mol. The molecule has 0 fully saturated rings. The van der Waals surface area contributed by atoms with Gasteiger partial charge in [0.25, 0.3) is 0 Å². The molecule has 0 unspecified atom stereocenters. The second-order valence-corrected chi connectivity index (χ2v) is 4.85. The number of halogens is 2. The average molecular weight is 264 g/mol. The first kappa shape index (κ1) is 12.3. The molecule has 0 N–H and O–H groups in total. The minimum absolute atomic E-state index is 0.0130. The normalized spacial score (nSPS) is 11.8. The van der Waals surface area contributed by atoms with E-state index in [4.69, 9.17) is 5.26 Å². The molecule has 90 valence electrons. The molecular formula is C12H6F2N2OS. The zero-order valence-corrected chi connectivity index (χ0v) is 9.75. The fourth-order valence-electron chi connectivity index (χ4n) is 1.33. The molecule has 0 aliphatic carbocycles. The van der Waals surface area contributed by atoms with Gasteiger partial charge in [0.05, 0.1) is 15.7 Å². The van der Waals surface area contributed by atoms with Gasteiger partial charge < -0.3 is 0 Å². The number of rotatable bonds is 2. The van der Waals surface area contributed by atoms with E-state index >= 15 is 0 Å². The molecule has 1 heterocycles. The van der Waals surface area contributed by atoms with Crippen molar-refractivity contribution < 1.29 is 13.0 Å². The zero-order valence-electron chi connectivity index (χ0n) is 8.93. The quantitative estimate of drug-likeness (QED) is 0.836. The number of aromatic nitrogens is 1. The third kappa shape index (κ3) is 2.57. The van der Waals surface area contributed by atoms with Crippen molar-refractivity contribution in [1.82, 2.24) is 4.98 Å². The van der Waals surface area contributed by atoms with Crippen LogP contribution in [0.3, 0.4) is 0 Å². The zero-order chi connectivity index (χ0) is 13.1. The van der Waals surface area contributed by atoms with Crippen LogP contribution in [0, 0.1) is 23.0 Å². The van der Waals surface area contributed by atoms with Crippen molar-refractivity contribution in [1.29, 1.82) is 5.26 Å². The van der Waals surface area contributed by atoms with Crippen molar-refractivity contribution in [2.45, 2.75) is 9.79 Å². The Morgan fingerprint density at radius 1 is 1.11 bits per heavy atom. The lowest BCUT2D eigenvalue weighted by Gasteiger charge is -2.02. The van der Waals surface area contributed by atoms with Crippen LogP contribution in [0.2, 0.25) is 0 Å². The molecule has 2 aromatic rings. The third-order valence-electron chi connectivity index (χ3n) is 2.12. The minimum Gasteiger partial charge on any atom is -0.249 e. The summed E-state index contributed by atoms with van der Waals surface area (Å²) in [6.07, 6.45) is 1.25. The third-order valence-corrected chi connectivity index (χ3v) is 3.45. The molecule has 0 spiro atoms. The highest BCUT2D eigenvalue weighted by Crippen LogP contribution is 2.18. The van der Waals surface area contributed by atoms with Gasteiger partial charge in [0.2, 0.25) is 0 Å². The first-order valence-corrected chi connectivity index (χ1v) is 5.99. The number of nitrogens with zero attached hydrogens (tertiary/aromatic N) is 2. The smallest absolute Gasteiger partial charge is 0.140 e. The summed E-state index contributed by atoms with van der Waals surface area (Å²) in [6.45, 7) is 0. The second-order valence-electron chi connectivity index (χ2n) is 3.36. The van der Waals surface area contributed by atoms with Crippen LogP contribution >= 0.6 is 0 Å². The van der Waals surface area contributed by atoms with Crippen molar-refractivity contribution in [2.75, 3.05) is 0 Å². The Hall–Kier alpha value is -2.13. The summed E-state index contributed by atoms with van der Waals surface area (Å²) in [7, 11) is -1.73. The van der Waals surface area contributed by atoms with E-state index in [1.807, 2.05) is 6.07 Å². The van der Waals surface area contributed by atoms with Crippen molar-refractivity contribution in [3.05, 3.63) is 53.9 Å². The predicted octanol–water partition coefficient (Wildman–Crippen LogP) is 2.40. The summed E-state index contributed by atoms with van der Waals surface area (Å²) in [5, 5.41) is 8.57. The molecule has 0 amide bonds. The van der Waals surface area contributed by atoms with Gasteiger partial charge in [-0.3, -0.25) is 0 Å². The van der Waals surface area contributed by atoms with E-state index in [0.29, 0.717) is 6.07 Å². The van der Waals surface area contributed by atoms with Crippen LogP contribution in [0.4, 0.5) is 8.78 Å². The maximum Gasteiger partial charge on any atom is 0.140 e. The van der Waals surface area contributed by atoms with Crippen LogP contribution in [-0.4, -0.2) is 9.19 Å². The van der Waals surface area contributed by atoms with Crippen LogP contribution in [-0.2, 0) is 10.8 Å². The van der Waals surface area contributed by atoms with E-state index in [1.165, 1.54) is 18.3 Å². The van der Waals surface area contributed by atoms with Gasteiger partial charge in [0.1, 0.15) is 23.4 Å². The number of nitriles is 1. The Morgan fingerprint density at radius 3 is 2.28 bits per heavy atom. The molecule has 1 atom stereocenters. The van der Waals surface area contributed by atoms with E-state index in [-0.39, 0.29) is 15.5 Å². The number of hydrogen-bond donors (Lipinski definition) is 0. The van der Waals surface area contributed by atoms with Crippen LogP contribution in [0.1, 0.15) is 5.69 Å².